The lowest BCUT2D eigenvalue weighted by Crippen LogP contribution is -2.41. The lowest BCUT2D eigenvalue weighted by molar-refractivity contribution is -0.111. The maximum Gasteiger partial charge on any atom is 0.124 e. The molecule has 0 aromatic rings. The molecular formula is C12H27NOSi2. The van der Waals surface area contributed by atoms with E-state index < -0.39 is 16.1 Å². The molecule has 94 valence electrons. The van der Waals surface area contributed by atoms with Gasteiger partial charge in [0.2, 0.25) is 0 Å². The van der Waals surface area contributed by atoms with Crippen molar-refractivity contribution in [2.45, 2.75) is 59.0 Å². The minimum Gasteiger partial charge on any atom is -0.305 e. The largest absolute Gasteiger partial charge is 0.305 e. The molecule has 0 fully saturated rings. The van der Waals surface area contributed by atoms with Gasteiger partial charge in [0.15, 0.2) is 0 Å². The van der Waals surface area contributed by atoms with E-state index in [4.69, 9.17) is 0 Å². The van der Waals surface area contributed by atoms with Crippen molar-refractivity contribution in [3.05, 3.63) is 0 Å². The zero-order valence-electron chi connectivity index (χ0n) is 12.0. The number of hydrogen-bond donors (Lipinski definition) is 0. The minimum atomic E-state index is -1.64. The Balaban J connectivity index is 4.77. The molecule has 0 radical (unpaired) electrons. The number of carbonyl (C=O) groups excluding carboxylic acids is 1. The lowest BCUT2D eigenvalue weighted by Gasteiger charge is -2.22. The summed E-state index contributed by atoms with van der Waals surface area (Å²) >= 11 is 0. The fraction of sp³-hybridized carbons (Fsp3) is 0.833. The molecule has 0 aliphatic heterocycles. The Morgan fingerprint density at radius 2 is 1.50 bits per heavy atom. The first kappa shape index (κ1) is 15.8. The molecule has 0 rings (SSSR count). The number of nitrogens with zero attached hydrogens (tertiary/aromatic N) is 1. The first-order chi connectivity index (χ1) is 7.09. The summed E-state index contributed by atoms with van der Waals surface area (Å²) in [5, 5.41) is 1.66. The standard InChI is InChI=1S/C12H27NOSi2/c1-8-9-13-11(15(2,3)4)10-12(14)16(5,6)7/h8-10H2,1-7H3/b13-11-. The Labute approximate surface area is 103 Å². The van der Waals surface area contributed by atoms with E-state index in [2.05, 4.69) is 51.2 Å². The number of aliphatic imine (C=N–C) groups is 1. The molecule has 0 N–H and O–H groups in total. The molecule has 2 nitrogen and oxygen atoms in total. The Hall–Kier alpha value is -0.226. The molecule has 0 aromatic carbocycles. The van der Waals surface area contributed by atoms with Gasteiger partial charge in [-0.2, -0.15) is 0 Å². The van der Waals surface area contributed by atoms with Gasteiger partial charge >= 0.3 is 0 Å². The van der Waals surface area contributed by atoms with Crippen LogP contribution < -0.4 is 0 Å². The summed E-state index contributed by atoms with van der Waals surface area (Å²) in [6.45, 7) is 16.2. The highest BCUT2D eigenvalue weighted by Crippen LogP contribution is 2.13. The molecule has 0 saturated carbocycles. The molecular weight excluding hydrogens is 230 g/mol. The van der Waals surface area contributed by atoms with E-state index >= 15 is 0 Å². The van der Waals surface area contributed by atoms with Crippen LogP contribution in [0.4, 0.5) is 0 Å². The summed E-state index contributed by atoms with van der Waals surface area (Å²) in [5.41, 5.74) is 0. The number of hydrogen-bond acceptors (Lipinski definition) is 2. The summed E-state index contributed by atoms with van der Waals surface area (Å²) in [7, 11) is -3.05. The van der Waals surface area contributed by atoms with E-state index in [0.717, 1.165) is 13.0 Å². The molecule has 0 aliphatic rings. The van der Waals surface area contributed by atoms with E-state index in [1.54, 1.807) is 0 Å². The van der Waals surface area contributed by atoms with Crippen molar-refractivity contribution < 1.29 is 4.79 Å². The van der Waals surface area contributed by atoms with E-state index in [-0.39, 0.29) is 0 Å². The summed E-state index contributed by atoms with van der Waals surface area (Å²) < 4.78 is 0. The lowest BCUT2D eigenvalue weighted by atomic mass is 10.4. The van der Waals surface area contributed by atoms with Crippen molar-refractivity contribution in [1.29, 1.82) is 0 Å². The van der Waals surface area contributed by atoms with Gasteiger partial charge in [0, 0.05) is 18.3 Å². The molecule has 4 heteroatoms. The van der Waals surface area contributed by atoms with Crippen LogP contribution in [-0.2, 0) is 4.79 Å². The topological polar surface area (TPSA) is 29.4 Å². The van der Waals surface area contributed by atoms with Crippen LogP contribution in [0.15, 0.2) is 4.99 Å². The molecule has 0 aliphatic carbocycles. The van der Waals surface area contributed by atoms with Gasteiger partial charge in [0.25, 0.3) is 0 Å². The molecule has 0 saturated heterocycles. The highest BCUT2D eigenvalue weighted by atomic mass is 28.3. The molecule has 0 heterocycles. The Kier molecular flexibility index (Phi) is 5.83. The third-order valence-electron chi connectivity index (χ3n) is 2.56. The van der Waals surface area contributed by atoms with Gasteiger partial charge in [0.05, 0.1) is 8.07 Å². The van der Waals surface area contributed by atoms with Gasteiger partial charge in [0.1, 0.15) is 13.5 Å². The zero-order chi connectivity index (χ0) is 13.0. The molecule has 0 aromatic heterocycles. The van der Waals surface area contributed by atoms with Crippen molar-refractivity contribution in [1.82, 2.24) is 0 Å². The first-order valence-corrected chi connectivity index (χ1v) is 13.2. The fourth-order valence-electron chi connectivity index (χ4n) is 1.22. The first-order valence-electron chi connectivity index (χ1n) is 6.16. The van der Waals surface area contributed by atoms with Crippen LogP contribution in [0.3, 0.4) is 0 Å². The van der Waals surface area contributed by atoms with E-state index in [9.17, 15) is 4.79 Å². The highest BCUT2D eigenvalue weighted by molar-refractivity contribution is 7.09. The van der Waals surface area contributed by atoms with Crippen LogP contribution in [0.5, 0.6) is 0 Å². The van der Waals surface area contributed by atoms with Crippen LogP contribution in [0.1, 0.15) is 19.8 Å². The van der Waals surface area contributed by atoms with Crippen LogP contribution in [0, 0.1) is 0 Å². The monoisotopic (exact) mass is 257 g/mol. The zero-order valence-corrected chi connectivity index (χ0v) is 14.0. The number of rotatable bonds is 6. The Bertz CT molecular complexity index is 272. The van der Waals surface area contributed by atoms with Gasteiger partial charge in [-0.05, 0) is 6.42 Å². The predicted molar refractivity (Wildman–Crippen MR) is 78.9 cm³/mol. The van der Waals surface area contributed by atoms with Gasteiger partial charge in [-0.1, -0.05) is 46.2 Å². The highest BCUT2D eigenvalue weighted by Gasteiger charge is 2.29. The second-order valence-corrected chi connectivity index (χ2v) is 16.6. The maximum absolute atomic E-state index is 12.1. The maximum atomic E-state index is 12.1. The predicted octanol–water partition coefficient (Wildman–Crippen LogP) is 3.55. The normalized spacial score (nSPS) is 14.1. The smallest absolute Gasteiger partial charge is 0.124 e. The Morgan fingerprint density at radius 1 is 1.00 bits per heavy atom. The van der Waals surface area contributed by atoms with Crippen molar-refractivity contribution in [2.75, 3.05) is 6.54 Å². The van der Waals surface area contributed by atoms with E-state index in [1.165, 1.54) is 5.33 Å². The van der Waals surface area contributed by atoms with Crippen LogP contribution in [-0.4, -0.2) is 33.4 Å². The molecule has 0 atom stereocenters. The number of carbonyl (C=O) groups is 1. The van der Waals surface area contributed by atoms with Gasteiger partial charge < -0.3 is 4.79 Å². The Morgan fingerprint density at radius 3 is 1.81 bits per heavy atom. The van der Waals surface area contributed by atoms with Crippen LogP contribution in [0.25, 0.3) is 0 Å². The van der Waals surface area contributed by atoms with Crippen LogP contribution in [0.2, 0.25) is 39.3 Å². The van der Waals surface area contributed by atoms with Gasteiger partial charge in [-0.15, -0.1) is 0 Å². The molecule has 0 bridgehead atoms. The average Bonchev–Trinajstić information content (AvgIpc) is 2.08. The molecule has 0 unspecified atom stereocenters. The second kappa shape index (κ2) is 5.91. The quantitative estimate of drug-likeness (QED) is 0.528. The molecule has 0 amide bonds. The van der Waals surface area contributed by atoms with E-state index in [0.29, 0.717) is 11.8 Å². The second-order valence-electron chi connectivity index (χ2n) is 6.43. The average molecular weight is 258 g/mol. The summed E-state index contributed by atoms with van der Waals surface area (Å²) in [4.78, 5) is 16.7. The fourth-order valence-corrected chi connectivity index (χ4v) is 3.37. The third-order valence-corrected chi connectivity index (χ3v) is 6.47. The van der Waals surface area contributed by atoms with Crippen LogP contribution >= 0.6 is 0 Å². The van der Waals surface area contributed by atoms with Gasteiger partial charge in [-0.25, -0.2) is 0 Å². The third kappa shape index (κ3) is 5.75. The molecule has 16 heavy (non-hydrogen) atoms. The van der Waals surface area contributed by atoms with Crippen molar-refractivity contribution in [3.8, 4) is 0 Å². The SMILES string of the molecule is CCC/N=C(/CC(=O)[Si](C)(C)C)[Si](C)(C)C. The minimum absolute atomic E-state index is 0.449. The molecule has 0 spiro atoms. The van der Waals surface area contributed by atoms with E-state index in [1.807, 2.05) is 0 Å². The van der Waals surface area contributed by atoms with Crippen molar-refractivity contribution in [3.63, 3.8) is 0 Å². The summed E-state index contributed by atoms with van der Waals surface area (Å²) in [6, 6.07) is 0. The summed E-state index contributed by atoms with van der Waals surface area (Å²) in [6.07, 6.45) is 1.68. The van der Waals surface area contributed by atoms with Gasteiger partial charge in [-0.3, -0.25) is 4.99 Å². The van der Waals surface area contributed by atoms with Crippen molar-refractivity contribution >= 4 is 26.9 Å². The van der Waals surface area contributed by atoms with Crippen molar-refractivity contribution in [2.24, 2.45) is 4.99 Å². The summed E-state index contributed by atoms with van der Waals surface area (Å²) in [5.74, 6) is 0.